The third-order valence-electron chi connectivity index (χ3n) is 8.86. The molecule has 0 fully saturated rings. The van der Waals surface area contributed by atoms with Gasteiger partial charge in [-0.25, -0.2) is 0 Å². The third-order valence-corrected chi connectivity index (χ3v) is 8.86. The van der Waals surface area contributed by atoms with Crippen molar-refractivity contribution in [2.75, 3.05) is 21.0 Å². The van der Waals surface area contributed by atoms with E-state index in [1.54, 1.807) is 14.2 Å². The summed E-state index contributed by atoms with van der Waals surface area (Å²) in [5, 5.41) is 2.34. The lowest BCUT2D eigenvalue weighted by Gasteiger charge is -2.23. The number of benzene rings is 5. The van der Waals surface area contributed by atoms with Crippen molar-refractivity contribution in [1.29, 1.82) is 0 Å². The monoisotopic (exact) mass is 592 g/mol. The van der Waals surface area contributed by atoms with Crippen LogP contribution in [0, 0.1) is 0 Å². The normalized spacial score (nSPS) is 14.5. The first-order valence-electron chi connectivity index (χ1n) is 15.4. The Balaban J connectivity index is 1.26. The van der Waals surface area contributed by atoms with Crippen LogP contribution in [0.2, 0.25) is 0 Å². The minimum atomic E-state index is 0.219. The molecule has 224 valence electrons. The van der Waals surface area contributed by atoms with Gasteiger partial charge in [-0.3, -0.25) is 0 Å². The van der Waals surface area contributed by atoms with Gasteiger partial charge in [-0.1, -0.05) is 72.8 Å². The Morgan fingerprint density at radius 3 is 1.91 bits per heavy atom. The standard InChI is InChI=1S/C41H36O4/c1-26(21-28-5-13-34(42-3)14-6-28)30-9-17-36-32(23-30)11-19-38-40(36)41-37-18-10-31(24-33(37)12-20-39(41)45-25-44-38)27(2)22-29-7-15-35(43-4)16-8-29/h5-11,13-19,21-24H,12,20,25H2,1-4H3/b26-21-,27-22-. The molecule has 0 bridgehead atoms. The van der Waals surface area contributed by atoms with E-state index in [1.807, 2.05) is 24.3 Å². The Kier molecular flexibility index (Phi) is 7.64. The molecule has 1 heterocycles. The van der Waals surface area contributed by atoms with Crippen LogP contribution in [0.15, 0.2) is 103 Å². The molecule has 7 rings (SSSR count). The predicted octanol–water partition coefficient (Wildman–Crippen LogP) is 10.1. The van der Waals surface area contributed by atoms with Crippen molar-refractivity contribution in [2.24, 2.45) is 0 Å². The zero-order valence-electron chi connectivity index (χ0n) is 26.1. The SMILES string of the molecule is COc1ccc(/C=C(/C)c2ccc3c(c2)CCC2=C3c3c(ccc4cc(/C(C)=C\c5ccc(OC)cc5)ccc34)OCO2)cc1. The molecule has 5 aromatic carbocycles. The average Bonchev–Trinajstić information content (AvgIpc) is 3.28. The number of methoxy groups -OCH3 is 2. The van der Waals surface area contributed by atoms with Crippen LogP contribution in [0.1, 0.15) is 59.2 Å². The van der Waals surface area contributed by atoms with E-state index < -0.39 is 0 Å². The second-order valence-electron chi connectivity index (χ2n) is 11.7. The molecule has 45 heavy (non-hydrogen) atoms. The molecule has 0 saturated carbocycles. The second kappa shape index (κ2) is 12.0. The van der Waals surface area contributed by atoms with Crippen molar-refractivity contribution in [1.82, 2.24) is 0 Å². The van der Waals surface area contributed by atoms with E-state index in [1.165, 1.54) is 44.2 Å². The Bertz CT molecular complexity index is 1990. The molecule has 0 atom stereocenters. The molecular weight excluding hydrogens is 556 g/mol. The van der Waals surface area contributed by atoms with Gasteiger partial charge in [0.05, 0.1) is 14.2 Å². The van der Waals surface area contributed by atoms with Crippen molar-refractivity contribution >= 4 is 39.6 Å². The lowest BCUT2D eigenvalue weighted by atomic mass is 9.82. The van der Waals surface area contributed by atoms with E-state index in [-0.39, 0.29) is 6.79 Å². The highest BCUT2D eigenvalue weighted by Gasteiger charge is 2.28. The molecule has 4 heteroatoms. The van der Waals surface area contributed by atoms with Gasteiger partial charge in [-0.05, 0) is 112 Å². The number of ether oxygens (including phenoxy) is 4. The highest BCUT2D eigenvalue weighted by atomic mass is 16.7. The van der Waals surface area contributed by atoms with Crippen molar-refractivity contribution in [2.45, 2.75) is 26.7 Å². The number of rotatable bonds is 6. The van der Waals surface area contributed by atoms with E-state index >= 15 is 0 Å². The summed E-state index contributed by atoms with van der Waals surface area (Å²) in [6.45, 7) is 4.55. The van der Waals surface area contributed by atoms with Crippen LogP contribution in [-0.4, -0.2) is 21.0 Å². The van der Waals surface area contributed by atoms with Crippen LogP contribution < -0.4 is 14.2 Å². The largest absolute Gasteiger partial charge is 0.497 e. The van der Waals surface area contributed by atoms with E-state index in [4.69, 9.17) is 18.9 Å². The number of allylic oxidation sites excluding steroid dienone is 3. The zero-order chi connectivity index (χ0) is 30.9. The fourth-order valence-electron chi connectivity index (χ4n) is 6.40. The molecule has 0 aromatic heterocycles. The minimum absolute atomic E-state index is 0.219. The number of aryl methyl sites for hydroxylation is 1. The van der Waals surface area contributed by atoms with Crippen LogP contribution in [0.25, 0.3) is 39.6 Å². The predicted molar refractivity (Wildman–Crippen MR) is 184 cm³/mol. The van der Waals surface area contributed by atoms with Gasteiger partial charge in [0, 0.05) is 17.6 Å². The molecule has 5 aromatic rings. The van der Waals surface area contributed by atoms with Crippen LogP contribution >= 0.6 is 0 Å². The maximum absolute atomic E-state index is 6.23. The summed E-state index contributed by atoms with van der Waals surface area (Å²) in [6.07, 6.45) is 6.20. The molecule has 1 aliphatic heterocycles. The molecule has 0 N–H and O–H groups in total. The lowest BCUT2D eigenvalue weighted by Crippen LogP contribution is -2.08. The molecule has 0 unspecified atom stereocenters. The average molecular weight is 593 g/mol. The van der Waals surface area contributed by atoms with Gasteiger partial charge in [-0.15, -0.1) is 0 Å². The molecule has 0 spiro atoms. The van der Waals surface area contributed by atoms with Crippen molar-refractivity contribution in [3.05, 3.63) is 142 Å². The van der Waals surface area contributed by atoms with Crippen molar-refractivity contribution < 1.29 is 18.9 Å². The number of fused-ring (bicyclic) bond motifs is 6. The van der Waals surface area contributed by atoms with Crippen molar-refractivity contribution in [3.8, 4) is 17.2 Å². The Morgan fingerprint density at radius 2 is 1.27 bits per heavy atom. The Hall–Kier alpha value is -5.22. The molecule has 1 aliphatic carbocycles. The number of hydrogen-bond donors (Lipinski definition) is 0. The summed E-state index contributed by atoms with van der Waals surface area (Å²) in [6, 6.07) is 34.1. The van der Waals surface area contributed by atoms with Gasteiger partial charge < -0.3 is 18.9 Å². The maximum atomic E-state index is 6.23. The van der Waals surface area contributed by atoms with E-state index in [2.05, 4.69) is 98.8 Å². The summed E-state index contributed by atoms with van der Waals surface area (Å²) < 4.78 is 23.0. The van der Waals surface area contributed by atoms with Crippen LogP contribution in [0.3, 0.4) is 0 Å². The van der Waals surface area contributed by atoms with Gasteiger partial charge in [-0.2, -0.15) is 0 Å². The smallest absolute Gasteiger partial charge is 0.230 e. The number of hydrogen-bond acceptors (Lipinski definition) is 4. The third kappa shape index (κ3) is 5.60. The summed E-state index contributed by atoms with van der Waals surface area (Å²) in [5.41, 5.74) is 11.9. The van der Waals surface area contributed by atoms with Crippen LogP contribution in [0.4, 0.5) is 0 Å². The molecule has 2 aliphatic rings. The molecule has 0 saturated heterocycles. The molecule has 4 nitrogen and oxygen atoms in total. The van der Waals surface area contributed by atoms with Gasteiger partial charge in [0.1, 0.15) is 23.0 Å². The zero-order valence-corrected chi connectivity index (χ0v) is 26.1. The Morgan fingerprint density at radius 1 is 0.644 bits per heavy atom. The molecule has 0 radical (unpaired) electrons. The fourth-order valence-corrected chi connectivity index (χ4v) is 6.40. The first-order chi connectivity index (χ1) is 22.0. The fraction of sp³-hybridized carbons (Fsp3) is 0.171. The lowest BCUT2D eigenvalue weighted by molar-refractivity contribution is 0.0609. The summed E-state index contributed by atoms with van der Waals surface area (Å²) in [4.78, 5) is 0. The van der Waals surface area contributed by atoms with Gasteiger partial charge >= 0.3 is 0 Å². The molecular formula is C41H36O4. The highest BCUT2D eigenvalue weighted by Crippen LogP contribution is 2.46. The minimum Gasteiger partial charge on any atom is -0.497 e. The first-order valence-corrected chi connectivity index (χ1v) is 15.4. The van der Waals surface area contributed by atoms with Gasteiger partial charge in [0.2, 0.25) is 6.79 Å². The Labute approximate surface area is 264 Å². The van der Waals surface area contributed by atoms with Gasteiger partial charge in [0.15, 0.2) is 0 Å². The van der Waals surface area contributed by atoms with Crippen LogP contribution in [-0.2, 0) is 11.2 Å². The summed E-state index contributed by atoms with van der Waals surface area (Å²) >= 11 is 0. The van der Waals surface area contributed by atoms with E-state index in [9.17, 15) is 0 Å². The van der Waals surface area contributed by atoms with Crippen LogP contribution in [0.5, 0.6) is 17.2 Å². The van der Waals surface area contributed by atoms with Gasteiger partial charge in [0.25, 0.3) is 0 Å². The topological polar surface area (TPSA) is 36.9 Å². The first kappa shape index (κ1) is 28.5. The molecule has 0 amide bonds. The summed E-state index contributed by atoms with van der Waals surface area (Å²) in [5.74, 6) is 3.59. The van der Waals surface area contributed by atoms with E-state index in [0.29, 0.717) is 0 Å². The quantitative estimate of drug-likeness (QED) is 0.184. The highest BCUT2D eigenvalue weighted by molar-refractivity contribution is 6.03. The summed E-state index contributed by atoms with van der Waals surface area (Å²) in [7, 11) is 3.38. The van der Waals surface area contributed by atoms with Crippen molar-refractivity contribution in [3.63, 3.8) is 0 Å². The van der Waals surface area contributed by atoms with E-state index in [0.717, 1.165) is 58.1 Å². The maximum Gasteiger partial charge on any atom is 0.230 e. The second-order valence-corrected chi connectivity index (χ2v) is 11.7.